The second-order valence-corrected chi connectivity index (χ2v) is 6.08. The van der Waals surface area contributed by atoms with Gasteiger partial charge in [0.25, 0.3) is 5.91 Å². The molecule has 1 aliphatic rings. The molecule has 1 aromatic heterocycles. The van der Waals surface area contributed by atoms with Crippen LogP contribution < -0.4 is 4.90 Å². The number of nitrogens with zero attached hydrogens (tertiary/aromatic N) is 2. The fourth-order valence-electron chi connectivity index (χ4n) is 2.74. The molecule has 0 aliphatic heterocycles. The summed E-state index contributed by atoms with van der Waals surface area (Å²) < 4.78 is 5.50. The zero-order valence-corrected chi connectivity index (χ0v) is 13.3. The number of hydrogen-bond donors (Lipinski definition) is 0. The molecule has 0 radical (unpaired) electrons. The summed E-state index contributed by atoms with van der Waals surface area (Å²) >= 11 is 0. The van der Waals surface area contributed by atoms with Crippen molar-refractivity contribution in [1.82, 2.24) is 4.90 Å². The summed E-state index contributed by atoms with van der Waals surface area (Å²) in [7, 11) is 3.96. The van der Waals surface area contributed by atoms with Crippen LogP contribution in [0.15, 0.2) is 47.1 Å². The van der Waals surface area contributed by atoms with E-state index >= 15 is 0 Å². The van der Waals surface area contributed by atoms with Crippen LogP contribution in [0.1, 0.15) is 41.9 Å². The second kappa shape index (κ2) is 5.87. The molecule has 116 valence electrons. The molecule has 1 heterocycles. The average molecular weight is 298 g/mol. The fourth-order valence-corrected chi connectivity index (χ4v) is 2.74. The third kappa shape index (κ3) is 2.86. The summed E-state index contributed by atoms with van der Waals surface area (Å²) in [5, 5.41) is 0. The SMILES string of the molecule is CC(c1ccco1)N(C(=O)c1cccc(N(C)C)c1)C1CC1. The molecular weight excluding hydrogens is 276 g/mol. The maximum Gasteiger partial charge on any atom is 0.254 e. The Labute approximate surface area is 131 Å². The first-order valence-corrected chi connectivity index (χ1v) is 7.71. The Morgan fingerprint density at radius 3 is 2.59 bits per heavy atom. The van der Waals surface area contributed by atoms with Crippen LogP contribution in [0.4, 0.5) is 5.69 Å². The molecule has 1 unspecified atom stereocenters. The fraction of sp³-hybridized carbons (Fsp3) is 0.389. The van der Waals surface area contributed by atoms with Gasteiger partial charge in [-0.15, -0.1) is 0 Å². The van der Waals surface area contributed by atoms with E-state index in [1.54, 1.807) is 6.26 Å². The third-order valence-corrected chi connectivity index (χ3v) is 4.16. The van der Waals surface area contributed by atoms with Crippen LogP contribution in [-0.2, 0) is 0 Å². The Hall–Kier alpha value is -2.23. The molecule has 1 aromatic carbocycles. The maximum absolute atomic E-state index is 13.0. The van der Waals surface area contributed by atoms with E-state index in [-0.39, 0.29) is 11.9 Å². The van der Waals surface area contributed by atoms with Crippen molar-refractivity contribution in [1.29, 1.82) is 0 Å². The number of rotatable bonds is 5. The van der Waals surface area contributed by atoms with Crippen molar-refractivity contribution in [2.75, 3.05) is 19.0 Å². The molecule has 0 saturated heterocycles. The Balaban J connectivity index is 1.88. The highest BCUT2D eigenvalue weighted by Gasteiger charge is 2.37. The van der Waals surface area contributed by atoms with Crippen LogP contribution in [0.25, 0.3) is 0 Å². The average Bonchev–Trinajstić information content (AvgIpc) is 3.19. The molecule has 1 amide bonds. The van der Waals surface area contributed by atoms with Crippen LogP contribution in [0.5, 0.6) is 0 Å². The van der Waals surface area contributed by atoms with Gasteiger partial charge in [-0.2, -0.15) is 0 Å². The molecule has 1 atom stereocenters. The number of benzene rings is 1. The number of anilines is 1. The standard InChI is InChI=1S/C18H22N2O2/c1-13(17-8-5-11-22-17)20(15-9-10-15)18(21)14-6-4-7-16(12-14)19(2)3/h4-8,11-13,15H,9-10H2,1-3H3. The number of amides is 1. The predicted molar refractivity (Wildman–Crippen MR) is 87.1 cm³/mol. The van der Waals surface area contributed by atoms with E-state index in [1.165, 1.54) is 0 Å². The van der Waals surface area contributed by atoms with Crippen molar-refractivity contribution < 1.29 is 9.21 Å². The first kappa shape index (κ1) is 14.7. The van der Waals surface area contributed by atoms with E-state index in [1.807, 2.05) is 67.2 Å². The lowest BCUT2D eigenvalue weighted by Crippen LogP contribution is -2.35. The molecule has 2 aromatic rings. The smallest absolute Gasteiger partial charge is 0.254 e. The van der Waals surface area contributed by atoms with E-state index in [0.29, 0.717) is 6.04 Å². The van der Waals surface area contributed by atoms with Gasteiger partial charge in [0.05, 0.1) is 12.3 Å². The molecule has 0 bridgehead atoms. The van der Waals surface area contributed by atoms with Gasteiger partial charge in [-0.3, -0.25) is 4.79 Å². The highest BCUT2D eigenvalue weighted by molar-refractivity contribution is 5.95. The number of hydrogen-bond acceptors (Lipinski definition) is 3. The molecule has 22 heavy (non-hydrogen) atoms. The topological polar surface area (TPSA) is 36.7 Å². The Morgan fingerprint density at radius 2 is 2.00 bits per heavy atom. The van der Waals surface area contributed by atoms with E-state index < -0.39 is 0 Å². The zero-order chi connectivity index (χ0) is 15.7. The van der Waals surface area contributed by atoms with Crippen LogP contribution in [0.2, 0.25) is 0 Å². The van der Waals surface area contributed by atoms with Crippen LogP contribution in [0.3, 0.4) is 0 Å². The lowest BCUT2D eigenvalue weighted by atomic mass is 10.1. The number of carbonyl (C=O) groups is 1. The monoisotopic (exact) mass is 298 g/mol. The molecule has 0 spiro atoms. The summed E-state index contributed by atoms with van der Waals surface area (Å²) in [6, 6.07) is 11.9. The molecule has 1 aliphatic carbocycles. The highest BCUT2D eigenvalue weighted by Crippen LogP contribution is 2.36. The predicted octanol–water partition coefficient (Wildman–Crippen LogP) is 3.71. The normalized spacial score (nSPS) is 15.4. The van der Waals surface area contributed by atoms with Gasteiger partial charge in [-0.25, -0.2) is 0 Å². The van der Waals surface area contributed by atoms with Crippen molar-refractivity contribution in [3.63, 3.8) is 0 Å². The molecular formula is C18H22N2O2. The minimum Gasteiger partial charge on any atom is -0.467 e. The van der Waals surface area contributed by atoms with Crippen LogP contribution in [0, 0.1) is 0 Å². The van der Waals surface area contributed by atoms with Gasteiger partial charge in [0, 0.05) is 31.4 Å². The minimum absolute atomic E-state index is 0.0435. The van der Waals surface area contributed by atoms with Crippen LogP contribution >= 0.6 is 0 Å². The quantitative estimate of drug-likeness (QED) is 0.844. The van der Waals surface area contributed by atoms with Gasteiger partial charge in [-0.1, -0.05) is 6.07 Å². The Bertz CT molecular complexity index is 645. The van der Waals surface area contributed by atoms with Gasteiger partial charge in [0.2, 0.25) is 0 Å². The van der Waals surface area contributed by atoms with E-state index in [0.717, 1.165) is 29.9 Å². The first-order valence-electron chi connectivity index (χ1n) is 7.71. The molecule has 1 fully saturated rings. The number of furan rings is 1. The van der Waals surface area contributed by atoms with Crippen molar-refractivity contribution in [3.05, 3.63) is 54.0 Å². The van der Waals surface area contributed by atoms with Gasteiger partial charge in [-0.05, 0) is 50.1 Å². The summed E-state index contributed by atoms with van der Waals surface area (Å²) in [6.45, 7) is 2.03. The Kier molecular flexibility index (Phi) is 3.92. The van der Waals surface area contributed by atoms with Gasteiger partial charge >= 0.3 is 0 Å². The summed E-state index contributed by atoms with van der Waals surface area (Å²) in [5.41, 5.74) is 1.77. The summed E-state index contributed by atoms with van der Waals surface area (Å²) in [6.07, 6.45) is 3.81. The first-order chi connectivity index (χ1) is 10.6. The summed E-state index contributed by atoms with van der Waals surface area (Å²) in [5.74, 6) is 0.916. The molecule has 4 heteroatoms. The summed E-state index contributed by atoms with van der Waals surface area (Å²) in [4.78, 5) is 17.0. The van der Waals surface area contributed by atoms with E-state index in [9.17, 15) is 4.79 Å². The third-order valence-electron chi connectivity index (χ3n) is 4.16. The maximum atomic E-state index is 13.0. The van der Waals surface area contributed by atoms with Gasteiger partial charge in [0.1, 0.15) is 5.76 Å². The second-order valence-electron chi connectivity index (χ2n) is 6.08. The van der Waals surface area contributed by atoms with E-state index in [2.05, 4.69) is 0 Å². The van der Waals surface area contributed by atoms with Crippen LogP contribution in [-0.4, -0.2) is 30.9 Å². The van der Waals surface area contributed by atoms with Gasteiger partial charge < -0.3 is 14.2 Å². The number of carbonyl (C=O) groups excluding carboxylic acids is 1. The minimum atomic E-state index is -0.0435. The molecule has 3 rings (SSSR count). The zero-order valence-electron chi connectivity index (χ0n) is 13.3. The lowest BCUT2D eigenvalue weighted by molar-refractivity contribution is 0.0653. The highest BCUT2D eigenvalue weighted by atomic mass is 16.3. The molecule has 4 nitrogen and oxygen atoms in total. The molecule has 0 N–H and O–H groups in total. The van der Waals surface area contributed by atoms with E-state index in [4.69, 9.17) is 4.42 Å². The van der Waals surface area contributed by atoms with Crippen molar-refractivity contribution in [3.8, 4) is 0 Å². The van der Waals surface area contributed by atoms with Gasteiger partial charge in [0.15, 0.2) is 0 Å². The Morgan fingerprint density at radius 1 is 1.23 bits per heavy atom. The molecule has 1 saturated carbocycles. The van der Waals surface area contributed by atoms with Crippen molar-refractivity contribution >= 4 is 11.6 Å². The van der Waals surface area contributed by atoms with Crippen molar-refractivity contribution in [2.45, 2.75) is 31.8 Å². The lowest BCUT2D eigenvalue weighted by Gasteiger charge is -2.28. The largest absolute Gasteiger partial charge is 0.467 e. The van der Waals surface area contributed by atoms with Crippen molar-refractivity contribution in [2.24, 2.45) is 0 Å².